The Labute approximate surface area is 249 Å². The van der Waals surface area contributed by atoms with Gasteiger partial charge in [-0.3, -0.25) is 0 Å². The summed E-state index contributed by atoms with van der Waals surface area (Å²) < 4.78 is 29.3. The molecule has 1 fully saturated rings. The number of β-amino-alcohol motifs (C(OH)–C–C–N with tert-alkyl or cyclic N) is 1. The number of ether oxygens (including phenoxy) is 5. The molecule has 0 unspecified atom stereocenters. The number of nitrogens with one attached hydrogen (secondary N) is 1. The van der Waals surface area contributed by atoms with Crippen LogP contribution >= 0.6 is 0 Å². The number of fused-ring (bicyclic) bond motifs is 1. The van der Waals surface area contributed by atoms with E-state index in [1.54, 1.807) is 14.2 Å². The zero-order valence-corrected chi connectivity index (χ0v) is 25.2. The van der Waals surface area contributed by atoms with Gasteiger partial charge in [-0.1, -0.05) is 30.3 Å². The predicted octanol–water partition coefficient (Wildman–Crippen LogP) is 5.23. The molecule has 3 atom stereocenters. The summed E-state index contributed by atoms with van der Waals surface area (Å²) in [6.45, 7) is 8.93. The number of piperidine rings is 1. The molecule has 0 aliphatic carbocycles. The van der Waals surface area contributed by atoms with Gasteiger partial charge in [0, 0.05) is 46.4 Å². The Morgan fingerprint density at radius 2 is 1.71 bits per heavy atom. The van der Waals surface area contributed by atoms with Crippen LogP contribution in [0.4, 0.5) is 5.69 Å². The molecular formula is C34H44N2O6. The number of aliphatic hydroxyl groups is 1. The minimum Gasteiger partial charge on any atom is -0.490 e. The summed E-state index contributed by atoms with van der Waals surface area (Å²) in [5, 5.41) is 14.3. The molecule has 1 saturated heterocycles. The van der Waals surface area contributed by atoms with Crippen molar-refractivity contribution >= 4 is 5.69 Å². The van der Waals surface area contributed by atoms with E-state index in [2.05, 4.69) is 22.3 Å². The van der Waals surface area contributed by atoms with Gasteiger partial charge in [0.2, 0.25) is 0 Å². The van der Waals surface area contributed by atoms with Gasteiger partial charge in [-0.25, -0.2) is 0 Å². The van der Waals surface area contributed by atoms with Gasteiger partial charge in [0.15, 0.2) is 0 Å². The van der Waals surface area contributed by atoms with E-state index in [1.165, 1.54) is 0 Å². The van der Waals surface area contributed by atoms with E-state index in [0.717, 1.165) is 65.7 Å². The number of hydrogen-bond acceptors (Lipinski definition) is 8. The first-order valence-corrected chi connectivity index (χ1v) is 14.8. The van der Waals surface area contributed by atoms with E-state index in [-0.39, 0.29) is 17.6 Å². The molecule has 226 valence electrons. The van der Waals surface area contributed by atoms with Crippen molar-refractivity contribution in [1.82, 2.24) is 5.32 Å². The van der Waals surface area contributed by atoms with Crippen LogP contribution in [0.2, 0.25) is 0 Å². The molecule has 0 aromatic heterocycles. The molecule has 0 amide bonds. The Bertz CT molecular complexity index is 1280. The van der Waals surface area contributed by atoms with Gasteiger partial charge in [-0.2, -0.15) is 0 Å². The van der Waals surface area contributed by atoms with E-state index in [1.807, 2.05) is 68.4 Å². The van der Waals surface area contributed by atoms with Crippen molar-refractivity contribution in [2.45, 2.75) is 50.6 Å². The normalized spacial score (nSPS) is 20.6. The average Bonchev–Trinajstić information content (AvgIpc) is 3.01. The SMILES string of the molecule is COCCCN1CCOc2ccc(CO[C@H]3CNC[C@@H](O)[C@@H]3c3ccc(Oc4ccc(C(C)(C)OC)cc4)cc3)cc21. The first-order chi connectivity index (χ1) is 20.4. The molecule has 3 aromatic carbocycles. The standard InChI is InChI=1S/C34H44N2O6/c1-34(2,39-4)26-9-13-28(14-10-26)42-27-11-7-25(8-12-27)33-30(37)21-35-22-32(33)41-23-24-6-15-31-29(20-24)36(17-19-40-31)16-5-18-38-3/h6-15,20,30,32-33,35,37H,5,16-19,21-23H2,1-4H3/t30-,32+,33+/m1/s1. The van der Waals surface area contributed by atoms with Crippen molar-refractivity contribution in [3.05, 3.63) is 83.4 Å². The second kappa shape index (κ2) is 13.9. The summed E-state index contributed by atoms with van der Waals surface area (Å²) in [5.41, 5.74) is 3.94. The number of benzene rings is 3. The van der Waals surface area contributed by atoms with Crippen molar-refractivity contribution in [2.75, 3.05) is 58.5 Å². The molecule has 3 aromatic rings. The van der Waals surface area contributed by atoms with Crippen molar-refractivity contribution in [3.63, 3.8) is 0 Å². The molecule has 2 heterocycles. The summed E-state index contributed by atoms with van der Waals surface area (Å²) >= 11 is 0. The van der Waals surface area contributed by atoms with Gasteiger partial charge in [0.05, 0.1) is 36.6 Å². The minimum absolute atomic E-state index is 0.151. The van der Waals surface area contributed by atoms with Crippen LogP contribution in [0.25, 0.3) is 0 Å². The second-order valence-corrected chi connectivity index (χ2v) is 11.5. The first-order valence-electron chi connectivity index (χ1n) is 14.8. The predicted molar refractivity (Wildman–Crippen MR) is 164 cm³/mol. The third-order valence-electron chi connectivity index (χ3n) is 8.30. The molecule has 0 bridgehead atoms. The van der Waals surface area contributed by atoms with Crippen LogP contribution in [-0.4, -0.2) is 70.9 Å². The van der Waals surface area contributed by atoms with Crippen LogP contribution < -0.4 is 19.7 Å². The maximum atomic E-state index is 11.0. The molecule has 5 rings (SSSR count). The van der Waals surface area contributed by atoms with Gasteiger partial charge in [0.1, 0.15) is 23.9 Å². The zero-order chi connectivity index (χ0) is 29.5. The molecule has 2 aliphatic rings. The molecule has 8 nitrogen and oxygen atoms in total. The second-order valence-electron chi connectivity index (χ2n) is 11.5. The van der Waals surface area contributed by atoms with Gasteiger partial charge >= 0.3 is 0 Å². The third kappa shape index (κ3) is 7.25. The van der Waals surface area contributed by atoms with E-state index < -0.39 is 6.10 Å². The molecule has 0 saturated carbocycles. The monoisotopic (exact) mass is 576 g/mol. The van der Waals surface area contributed by atoms with Crippen molar-refractivity contribution in [3.8, 4) is 17.2 Å². The summed E-state index contributed by atoms with van der Waals surface area (Å²) in [4.78, 5) is 2.36. The number of hydrogen-bond donors (Lipinski definition) is 2. The summed E-state index contributed by atoms with van der Waals surface area (Å²) in [6, 6.07) is 22.2. The number of anilines is 1. The first kappa shape index (κ1) is 30.3. The van der Waals surface area contributed by atoms with E-state index in [9.17, 15) is 5.11 Å². The summed E-state index contributed by atoms with van der Waals surface area (Å²) in [7, 11) is 3.45. The lowest BCUT2D eigenvalue weighted by molar-refractivity contribution is -0.0328. The zero-order valence-electron chi connectivity index (χ0n) is 25.2. The molecule has 8 heteroatoms. The highest BCUT2D eigenvalue weighted by Crippen LogP contribution is 2.35. The largest absolute Gasteiger partial charge is 0.490 e. The van der Waals surface area contributed by atoms with Crippen LogP contribution in [0, 0.1) is 0 Å². The maximum absolute atomic E-state index is 11.0. The van der Waals surface area contributed by atoms with Gasteiger partial charge < -0.3 is 39.0 Å². The molecule has 2 aliphatic heterocycles. The Kier molecular flexibility index (Phi) is 10.0. The Hall–Kier alpha value is -3.14. The quantitative estimate of drug-likeness (QED) is 0.284. The summed E-state index contributed by atoms with van der Waals surface area (Å²) in [6.07, 6.45) is 0.231. The van der Waals surface area contributed by atoms with Crippen molar-refractivity contribution < 1.29 is 28.8 Å². The van der Waals surface area contributed by atoms with Crippen molar-refractivity contribution in [2.24, 2.45) is 0 Å². The average molecular weight is 577 g/mol. The van der Waals surface area contributed by atoms with Crippen molar-refractivity contribution in [1.29, 1.82) is 0 Å². The fraction of sp³-hybridized carbons (Fsp3) is 0.471. The third-order valence-corrected chi connectivity index (χ3v) is 8.30. The van der Waals surface area contributed by atoms with Crippen LogP contribution in [0.5, 0.6) is 17.2 Å². The number of nitrogens with zero attached hydrogens (tertiary/aromatic N) is 1. The Balaban J connectivity index is 1.23. The highest BCUT2D eigenvalue weighted by atomic mass is 16.5. The molecular weight excluding hydrogens is 532 g/mol. The molecule has 42 heavy (non-hydrogen) atoms. The Morgan fingerprint density at radius 3 is 2.43 bits per heavy atom. The van der Waals surface area contributed by atoms with E-state index in [0.29, 0.717) is 26.3 Å². The highest BCUT2D eigenvalue weighted by Gasteiger charge is 2.34. The smallest absolute Gasteiger partial charge is 0.142 e. The lowest BCUT2D eigenvalue weighted by Crippen LogP contribution is -2.49. The number of aliphatic hydroxyl groups excluding tert-OH is 1. The lowest BCUT2D eigenvalue weighted by Gasteiger charge is -2.36. The van der Waals surface area contributed by atoms with Gasteiger partial charge in [-0.15, -0.1) is 0 Å². The van der Waals surface area contributed by atoms with Crippen LogP contribution in [0.3, 0.4) is 0 Å². The van der Waals surface area contributed by atoms with Gasteiger partial charge in [0.25, 0.3) is 0 Å². The van der Waals surface area contributed by atoms with Crippen LogP contribution in [-0.2, 0) is 26.4 Å². The fourth-order valence-corrected chi connectivity index (χ4v) is 5.65. The number of rotatable bonds is 12. The molecule has 0 radical (unpaired) electrons. The van der Waals surface area contributed by atoms with Crippen LogP contribution in [0.15, 0.2) is 66.7 Å². The molecule has 2 N–H and O–H groups in total. The molecule has 0 spiro atoms. The Morgan fingerprint density at radius 1 is 0.976 bits per heavy atom. The summed E-state index contributed by atoms with van der Waals surface area (Å²) in [5.74, 6) is 2.26. The van der Waals surface area contributed by atoms with E-state index >= 15 is 0 Å². The number of methoxy groups -OCH3 is 2. The topological polar surface area (TPSA) is 81.7 Å². The fourth-order valence-electron chi connectivity index (χ4n) is 5.65. The lowest BCUT2D eigenvalue weighted by atomic mass is 9.85. The highest BCUT2D eigenvalue weighted by molar-refractivity contribution is 5.61. The maximum Gasteiger partial charge on any atom is 0.142 e. The van der Waals surface area contributed by atoms with Gasteiger partial charge in [-0.05, 0) is 73.4 Å². The minimum atomic E-state index is -0.555. The van der Waals surface area contributed by atoms with Crippen LogP contribution in [0.1, 0.15) is 42.9 Å². The van der Waals surface area contributed by atoms with E-state index in [4.69, 9.17) is 23.7 Å².